The van der Waals surface area contributed by atoms with Crippen LogP contribution in [0.5, 0.6) is 0 Å². The summed E-state index contributed by atoms with van der Waals surface area (Å²) in [6.07, 6.45) is 3.94. The highest BCUT2D eigenvalue weighted by Gasteiger charge is 2.38. The van der Waals surface area contributed by atoms with Crippen LogP contribution in [0.1, 0.15) is 29.8 Å². The topological polar surface area (TPSA) is 73.5 Å². The number of hydrogen-bond acceptors (Lipinski definition) is 5. The Labute approximate surface area is 151 Å². The molecule has 0 amide bonds. The number of fused-ring (bicyclic) bond motifs is 1. The first kappa shape index (κ1) is 17.7. The van der Waals surface area contributed by atoms with Crippen LogP contribution in [0.15, 0.2) is 60.6 Å². The third-order valence-corrected chi connectivity index (χ3v) is 4.62. The quantitative estimate of drug-likeness (QED) is 0.365. The summed E-state index contributed by atoms with van der Waals surface area (Å²) in [7, 11) is 1.92. The number of pyridine rings is 1. The number of nitrogens with zero attached hydrogens (tertiary/aromatic N) is 2. The van der Waals surface area contributed by atoms with Crippen molar-refractivity contribution < 1.29 is 19.1 Å². The van der Waals surface area contributed by atoms with Gasteiger partial charge in [-0.2, -0.15) is 4.73 Å². The number of esters is 1. The molecule has 2 aromatic rings. The van der Waals surface area contributed by atoms with Gasteiger partial charge in [0, 0.05) is 42.1 Å². The van der Waals surface area contributed by atoms with E-state index < -0.39 is 5.97 Å². The van der Waals surface area contributed by atoms with Gasteiger partial charge in [0.05, 0.1) is 5.56 Å². The zero-order valence-corrected chi connectivity index (χ0v) is 14.9. The molecule has 1 aromatic carbocycles. The predicted molar refractivity (Wildman–Crippen MR) is 96.6 cm³/mol. The van der Waals surface area contributed by atoms with Crippen LogP contribution in [0.25, 0.3) is 0 Å². The second kappa shape index (κ2) is 6.63. The smallest absolute Gasteiger partial charge is 0.339 e. The first-order chi connectivity index (χ1) is 12.3. The second-order valence-corrected chi connectivity index (χ2v) is 6.72. The van der Waals surface area contributed by atoms with Gasteiger partial charge in [-0.1, -0.05) is 32.0 Å². The zero-order chi connectivity index (χ0) is 18.9. The van der Waals surface area contributed by atoms with Crippen molar-refractivity contribution in [2.75, 3.05) is 18.6 Å². The number of benzene rings is 1. The number of para-hydroxylation sites is 1. The number of hydrogen-bond donors (Lipinski definition) is 0. The number of anilines is 1. The van der Waals surface area contributed by atoms with Gasteiger partial charge in [-0.3, -0.25) is 4.79 Å². The Morgan fingerprint density at radius 3 is 2.50 bits per heavy atom. The average Bonchev–Trinajstić information content (AvgIpc) is 2.81. The number of aromatic nitrogens is 1. The molecule has 2 heterocycles. The first-order valence-corrected chi connectivity index (χ1v) is 8.25. The highest BCUT2D eigenvalue weighted by atomic mass is 16.5. The Hall–Kier alpha value is -3.15. The molecule has 6 heteroatoms. The van der Waals surface area contributed by atoms with Crippen LogP contribution in [-0.2, 0) is 14.9 Å². The molecule has 0 aliphatic carbocycles. The monoisotopic (exact) mass is 352 g/mol. The summed E-state index contributed by atoms with van der Waals surface area (Å²) in [6.45, 7) is 3.76. The molecule has 0 saturated heterocycles. The standard InChI is InChI=1S/C20H20N2O4/c1-20(2)16-6-4-5-7-17(16)21(3)18(20)12-15(23)13-26-19(24)14-8-10-22(25)11-9-14/h4-12H,13H2,1-3H3. The lowest BCUT2D eigenvalue weighted by Gasteiger charge is -2.23. The summed E-state index contributed by atoms with van der Waals surface area (Å²) < 4.78 is 5.63. The summed E-state index contributed by atoms with van der Waals surface area (Å²) in [5.41, 5.74) is 2.97. The summed E-state index contributed by atoms with van der Waals surface area (Å²) >= 11 is 0. The van der Waals surface area contributed by atoms with E-state index in [0.717, 1.165) is 16.9 Å². The zero-order valence-electron chi connectivity index (χ0n) is 14.9. The summed E-state index contributed by atoms with van der Waals surface area (Å²) in [5, 5.41) is 11.0. The van der Waals surface area contributed by atoms with Gasteiger partial charge in [-0.25, -0.2) is 4.79 Å². The maximum absolute atomic E-state index is 12.3. The summed E-state index contributed by atoms with van der Waals surface area (Å²) in [4.78, 5) is 26.3. The molecule has 0 atom stereocenters. The number of ketones is 1. The molecule has 6 nitrogen and oxygen atoms in total. The summed E-state index contributed by atoms with van der Waals surface area (Å²) in [5.74, 6) is -0.935. The van der Waals surface area contributed by atoms with Gasteiger partial charge in [0.2, 0.25) is 0 Å². The Kier molecular flexibility index (Phi) is 4.50. The maximum atomic E-state index is 12.3. The van der Waals surface area contributed by atoms with E-state index in [2.05, 4.69) is 19.9 Å². The summed E-state index contributed by atoms with van der Waals surface area (Å²) in [6, 6.07) is 10.7. The van der Waals surface area contributed by atoms with Gasteiger partial charge in [0.15, 0.2) is 24.8 Å². The van der Waals surface area contributed by atoms with Crippen molar-refractivity contribution in [1.29, 1.82) is 0 Å². The molecular weight excluding hydrogens is 332 g/mol. The molecule has 0 N–H and O–H groups in total. The Balaban J connectivity index is 1.71. The molecule has 1 aliphatic heterocycles. The Morgan fingerprint density at radius 1 is 1.19 bits per heavy atom. The third-order valence-electron chi connectivity index (χ3n) is 4.62. The van der Waals surface area contributed by atoms with Crippen molar-refractivity contribution >= 4 is 17.4 Å². The van der Waals surface area contributed by atoms with E-state index >= 15 is 0 Å². The lowest BCUT2D eigenvalue weighted by atomic mass is 9.83. The number of carbonyl (C=O) groups is 2. The SMILES string of the molecule is CN1C(=CC(=O)COC(=O)c2cc[n+]([O-])cc2)C(C)(C)c2ccccc21. The van der Waals surface area contributed by atoms with Crippen molar-refractivity contribution in [1.82, 2.24) is 0 Å². The molecule has 0 bridgehead atoms. The highest BCUT2D eigenvalue weighted by molar-refractivity contribution is 5.96. The fourth-order valence-corrected chi connectivity index (χ4v) is 3.22. The molecule has 134 valence electrons. The molecule has 26 heavy (non-hydrogen) atoms. The normalized spacial score (nSPS) is 16.4. The van der Waals surface area contributed by atoms with Crippen LogP contribution in [0.4, 0.5) is 5.69 Å². The van der Waals surface area contributed by atoms with Gasteiger partial charge in [-0.05, 0) is 11.6 Å². The molecule has 0 saturated carbocycles. The van der Waals surface area contributed by atoms with Gasteiger partial charge in [-0.15, -0.1) is 0 Å². The second-order valence-electron chi connectivity index (χ2n) is 6.72. The van der Waals surface area contributed by atoms with Crippen LogP contribution in [0, 0.1) is 5.21 Å². The maximum Gasteiger partial charge on any atom is 0.339 e. The molecule has 3 rings (SSSR count). The Morgan fingerprint density at radius 2 is 1.85 bits per heavy atom. The van der Waals surface area contributed by atoms with Gasteiger partial charge >= 0.3 is 5.97 Å². The van der Waals surface area contributed by atoms with E-state index in [-0.39, 0.29) is 23.4 Å². The number of ether oxygens (including phenoxy) is 1. The van der Waals surface area contributed by atoms with E-state index in [4.69, 9.17) is 4.74 Å². The van der Waals surface area contributed by atoms with Crippen LogP contribution < -0.4 is 9.63 Å². The van der Waals surface area contributed by atoms with Gasteiger partial charge < -0.3 is 14.8 Å². The lowest BCUT2D eigenvalue weighted by molar-refractivity contribution is -0.605. The Bertz CT molecular complexity index is 885. The van der Waals surface area contributed by atoms with Gasteiger partial charge in [0.25, 0.3) is 0 Å². The third kappa shape index (κ3) is 3.18. The fraction of sp³-hybridized carbons (Fsp3) is 0.250. The minimum atomic E-state index is -0.639. The van der Waals surface area contributed by atoms with E-state index in [1.165, 1.54) is 30.6 Å². The van der Waals surface area contributed by atoms with Crippen LogP contribution >= 0.6 is 0 Å². The van der Waals surface area contributed by atoms with E-state index in [9.17, 15) is 14.8 Å². The van der Waals surface area contributed by atoms with Crippen molar-refractivity contribution in [2.24, 2.45) is 0 Å². The van der Waals surface area contributed by atoms with Gasteiger partial charge in [0.1, 0.15) is 0 Å². The molecule has 0 radical (unpaired) electrons. The minimum Gasteiger partial charge on any atom is -0.619 e. The van der Waals surface area contributed by atoms with E-state index in [0.29, 0.717) is 4.73 Å². The molecule has 1 aromatic heterocycles. The van der Waals surface area contributed by atoms with Crippen LogP contribution in [0.2, 0.25) is 0 Å². The van der Waals surface area contributed by atoms with Crippen LogP contribution in [0.3, 0.4) is 0 Å². The van der Waals surface area contributed by atoms with E-state index in [1.54, 1.807) is 0 Å². The molecule has 0 spiro atoms. The molecule has 0 fully saturated rings. The minimum absolute atomic E-state index is 0.225. The first-order valence-electron chi connectivity index (χ1n) is 8.25. The predicted octanol–water partition coefficient (Wildman–Crippen LogP) is 2.36. The fourth-order valence-electron chi connectivity index (χ4n) is 3.22. The molecule has 1 aliphatic rings. The van der Waals surface area contributed by atoms with Crippen molar-refractivity contribution in [2.45, 2.75) is 19.3 Å². The molecule has 0 unspecified atom stereocenters. The highest BCUT2D eigenvalue weighted by Crippen LogP contribution is 2.46. The number of carbonyl (C=O) groups excluding carboxylic acids is 2. The molecular formula is C20H20N2O4. The number of allylic oxidation sites excluding steroid dienone is 1. The number of likely N-dealkylation sites (N-methyl/N-ethyl adjacent to an activating group) is 1. The average molecular weight is 352 g/mol. The van der Waals surface area contributed by atoms with Crippen molar-refractivity contribution in [3.05, 3.63) is 76.9 Å². The van der Waals surface area contributed by atoms with Crippen molar-refractivity contribution in [3.63, 3.8) is 0 Å². The van der Waals surface area contributed by atoms with Crippen molar-refractivity contribution in [3.8, 4) is 0 Å². The largest absolute Gasteiger partial charge is 0.619 e. The van der Waals surface area contributed by atoms with E-state index in [1.807, 2.05) is 30.1 Å². The lowest BCUT2D eigenvalue weighted by Crippen LogP contribution is -2.25. The number of rotatable bonds is 4. The van der Waals surface area contributed by atoms with Crippen LogP contribution in [-0.4, -0.2) is 25.4 Å².